The molecule has 1 aliphatic heterocycles. The van der Waals surface area contributed by atoms with Gasteiger partial charge in [-0.3, -0.25) is 9.59 Å². The lowest BCUT2D eigenvalue weighted by Crippen LogP contribution is -2.26. The lowest BCUT2D eigenvalue weighted by molar-refractivity contribution is -0.127. The molecule has 0 spiro atoms. The number of aromatic nitrogens is 3. The van der Waals surface area contributed by atoms with Crippen LogP contribution in [0.2, 0.25) is 0 Å². The molecular formula is C26H29N5O4. The fourth-order valence-corrected chi connectivity index (χ4v) is 5.07. The van der Waals surface area contributed by atoms with Gasteiger partial charge in [0.25, 0.3) is 0 Å². The van der Waals surface area contributed by atoms with E-state index in [0.717, 1.165) is 69.3 Å². The van der Waals surface area contributed by atoms with Crippen molar-refractivity contribution in [3.63, 3.8) is 0 Å². The van der Waals surface area contributed by atoms with E-state index >= 15 is 0 Å². The number of anilines is 2. The zero-order valence-electron chi connectivity index (χ0n) is 19.6. The molecule has 9 heteroatoms. The topological polar surface area (TPSA) is 117 Å². The Bertz CT molecular complexity index is 1310. The summed E-state index contributed by atoms with van der Waals surface area (Å²) >= 11 is 0. The van der Waals surface area contributed by atoms with Crippen LogP contribution >= 0.6 is 0 Å². The number of carboxylic acids is 1. The predicted octanol–water partition coefficient (Wildman–Crippen LogP) is 3.90. The van der Waals surface area contributed by atoms with Gasteiger partial charge < -0.3 is 19.9 Å². The third kappa shape index (κ3) is 4.89. The Morgan fingerprint density at radius 2 is 1.86 bits per heavy atom. The van der Waals surface area contributed by atoms with Crippen molar-refractivity contribution in [1.82, 2.24) is 19.4 Å². The van der Waals surface area contributed by atoms with Crippen LogP contribution in [0.3, 0.4) is 0 Å². The standard InChI is InChI=1S/C26H29N5O4/c32-22-7-4-13-30(22)14-12-17-8-10-18(11-9-17)28-26-27-15-20-23(33)21(25(34)35)16-31(24(20)29-26)19-5-2-1-3-6-19/h8-11,15-16,19H,1-7,12-14H2,(H,34,35)(H,27,28,29). The molecule has 2 fully saturated rings. The lowest BCUT2D eigenvalue weighted by atomic mass is 9.95. The van der Waals surface area contributed by atoms with Crippen LogP contribution in [0.4, 0.5) is 11.6 Å². The number of nitrogens with one attached hydrogen (secondary N) is 1. The Hall–Kier alpha value is -3.75. The van der Waals surface area contributed by atoms with E-state index in [2.05, 4.69) is 15.3 Å². The van der Waals surface area contributed by atoms with E-state index < -0.39 is 11.4 Å². The van der Waals surface area contributed by atoms with Crippen LogP contribution in [0, 0.1) is 0 Å². The number of amides is 1. The first-order chi connectivity index (χ1) is 17.0. The molecule has 3 heterocycles. The van der Waals surface area contributed by atoms with Crippen LogP contribution < -0.4 is 10.7 Å². The average molecular weight is 476 g/mol. The molecule has 1 aliphatic carbocycles. The van der Waals surface area contributed by atoms with E-state index in [0.29, 0.717) is 18.0 Å². The highest BCUT2D eigenvalue weighted by atomic mass is 16.4. The monoisotopic (exact) mass is 475 g/mol. The number of carbonyl (C=O) groups is 2. The van der Waals surface area contributed by atoms with Crippen molar-refractivity contribution in [3.8, 4) is 0 Å². The van der Waals surface area contributed by atoms with Gasteiger partial charge in [0.05, 0.1) is 5.39 Å². The Morgan fingerprint density at radius 1 is 1.09 bits per heavy atom. The molecule has 0 unspecified atom stereocenters. The minimum absolute atomic E-state index is 0.106. The van der Waals surface area contributed by atoms with Crippen LogP contribution in [0.15, 0.2) is 41.5 Å². The second-order valence-electron chi connectivity index (χ2n) is 9.36. The van der Waals surface area contributed by atoms with Gasteiger partial charge in [-0.1, -0.05) is 31.4 Å². The second-order valence-corrected chi connectivity index (χ2v) is 9.36. The largest absolute Gasteiger partial charge is 0.477 e. The molecule has 2 N–H and O–H groups in total. The van der Waals surface area contributed by atoms with Crippen LogP contribution in [-0.4, -0.2) is 49.5 Å². The number of pyridine rings is 1. The summed E-state index contributed by atoms with van der Waals surface area (Å²) < 4.78 is 1.86. The van der Waals surface area contributed by atoms with Crippen molar-refractivity contribution in [1.29, 1.82) is 0 Å². The van der Waals surface area contributed by atoms with Gasteiger partial charge in [0.2, 0.25) is 17.3 Å². The molecule has 35 heavy (non-hydrogen) atoms. The molecule has 9 nitrogen and oxygen atoms in total. The normalized spacial score (nSPS) is 16.7. The van der Waals surface area contributed by atoms with Gasteiger partial charge in [-0.15, -0.1) is 0 Å². The second kappa shape index (κ2) is 9.85. The molecule has 0 atom stereocenters. The Balaban J connectivity index is 1.38. The van der Waals surface area contributed by atoms with Crippen molar-refractivity contribution in [2.75, 3.05) is 18.4 Å². The maximum Gasteiger partial charge on any atom is 0.341 e. The van der Waals surface area contributed by atoms with Crippen molar-refractivity contribution in [2.45, 2.75) is 57.4 Å². The number of fused-ring (bicyclic) bond motifs is 1. The number of hydrogen-bond donors (Lipinski definition) is 2. The number of hydrogen-bond acceptors (Lipinski definition) is 6. The molecule has 2 aromatic heterocycles. The molecule has 5 rings (SSSR count). The number of carbonyl (C=O) groups excluding carboxylic acids is 1. The van der Waals surface area contributed by atoms with Crippen LogP contribution in [0.1, 0.15) is 66.9 Å². The summed E-state index contributed by atoms with van der Waals surface area (Å²) in [5.41, 5.74) is 1.59. The molecule has 1 amide bonds. The summed E-state index contributed by atoms with van der Waals surface area (Å²) in [6, 6.07) is 8.02. The molecule has 1 saturated carbocycles. The van der Waals surface area contributed by atoms with Crippen LogP contribution in [0.25, 0.3) is 11.0 Å². The number of carboxylic acid groups (broad SMARTS) is 1. The number of likely N-dealkylation sites (tertiary alicyclic amines) is 1. The first kappa shape index (κ1) is 23.0. The fraction of sp³-hybridized carbons (Fsp3) is 0.423. The predicted molar refractivity (Wildman–Crippen MR) is 132 cm³/mol. The van der Waals surface area contributed by atoms with Gasteiger partial charge in [-0.25, -0.2) is 9.78 Å². The molecule has 1 saturated heterocycles. The van der Waals surface area contributed by atoms with Gasteiger partial charge in [-0.05, 0) is 43.4 Å². The number of aromatic carboxylic acids is 1. The zero-order chi connectivity index (χ0) is 24.4. The van der Waals surface area contributed by atoms with E-state index in [1.54, 1.807) is 0 Å². The maximum atomic E-state index is 12.8. The van der Waals surface area contributed by atoms with Gasteiger partial charge in [0.15, 0.2) is 0 Å². The minimum Gasteiger partial charge on any atom is -0.477 e. The summed E-state index contributed by atoms with van der Waals surface area (Å²) in [5.74, 6) is -0.656. The fourth-order valence-electron chi connectivity index (χ4n) is 5.07. The van der Waals surface area contributed by atoms with E-state index in [1.807, 2.05) is 33.7 Å². The number of benzene rings is 1. The first-order valence-corrected chi connectivity index (χ1v) is 12.3. The maximum absolute atomic E-state index is 12.8. The Morgan fingerprint density at radius 3 is 2.54 bits per heavy atom. The zero-order valence-corrected chi connectivity index (χ0v) is 19.6. The van der Waals surface area contributed by atoms with E-state index in [-0.39, 0.29) is 22.9 Å². The molecule has 1 aromatic carbocycles. The average Bonchev–Trinajstić information content (AvgIpc) is 3.28. The summed E-state index contributed by atoms with van der Waals surface area (Å²) in [6.07, 6.45) is 10.4. The van der Waals surface area contributed by atoms with Gasteiger partial charge in [0, 0.05) is 43.6 Å². The van der Waals surface area contributed by atoms with Gasteiger partial charge in [0.1, 0.15) is 11.2 Å². The van der Waals surface area contributed by atoms with E-state index in [1.165, 1.54) is 12.4 Å². The molecule has 0 radical (unpaired) electrons. The highest BCUT2D eigenvalue weighted by Crippen LogP contribution is 2.30. The first-order valence-electron chi connectivity index (χ1n) is 12.3. The van der Waals surface area contributed by atoms with Crippen LogP contribution in [0.5, 0.6) is 0 Å². The molecule has 3 aromatic rings. The van der Waals surface area contributed by atoms with Crippen molar-refractivity contribution >= 4 is 34.5 Å². The van der Waals surface area contributed by atoms with E-state index in [4.69, 9.17) is 0 Å². The van der Waals surface area contributed by atoms with Gasteiger partial charge in [-0.2, -0.15) is 4.98 Å². The van der Waals surface area contributed by atoms with Crippen LogP contribution in [-0.2, 0) is 11.2 Å². The number of nitrogens with zero attached hydrogens (tertiary/aromatic N) is 4. The smallest absolute Gasteiger partial charge is 0.341 e. The minimum atomic E-state index is -1.24. The molecular weight excluding hydrogens is 446 g/mol. The Kier molecular flexibility index (Phi) is 6.48. The third-order valence-corrected chi connectivity index (χ3v) is 7.02. The van der Waals surface area contributed by atoms with Crippen molar-refractivity contribution in [3.05, 3.63) is 58.0 Å². The Labute approximate surface area is 202 Å². The lowest BCUT2D eigenvalue weighted by Gasteiger charge is -2.26. The third-order valence-electron chi connectivity index (χ3n) is 7.02. The molecule has 0 bridgehead atoms. The quantitative estimate of drug-likeness (QED) is 0.532. The van der Waals surface area contributed by atoms with E-state index in [9.17, 15) is 19.5 Å². The molecule has 182 valence electrons. The SMILES string of the molecule is O=C(O)c1cn(C2CCCCC2)c2nc(Nc3ccc(CCN4CCCC4=O)cc3)ncc2c1=O. The highest BCUT2D eigenvalue weighted by Gasteiger charge is 2.22. The molecule has 2 aliphatic rings. The highest BCUT2D eigenvalue weighted by molar-refractivity contribution is 5.91. The summed E-state index contributed by atoms with van der Waals surface area (Å²) in [6.45, 7) is 1.58. The van der Waals surface area contributed by atoms with Crippen molar-refractivity contribution in [2.24, 2.45) is 0 Å². The summed E-state index contributed by atoms with van der Waals surface area (Å²) in [5, 5.41) is 13.0. The van der Waals surface area contributed by atoms with Gasteiger partial charge >= 0.3 is 5.97 Å². The summed E-state index contributed by atoms with van der Waals surface area (Å²) in [4.78, 5) is 47.1. The summed E-state index contributed by atoms with van der Waals surface area (Å²) in [7, 11) is 0. The number of rotatable bonds is 7. The van der Waals surface area contributed by atoms with Crippen molar-refractivity contribution < 1.29 is 14.7 Å².